The standard InChI is InChI=1S/C31H39ClN4O4Si/c1-31(2,3)41(4,5)40-26-11-10-25(33)28(27(26)29(37)22-6-8-23(32)9-7-22)35-30(38)39-20-21-14-18-36(19-15-21)24-12-16-34-17-13-24/h6-13,16-17,21H,14-15,18-20,33H2,1-5H3,(H,35,38). The van der Waals surface area contributed by atoms with Gasteiger partial charge in [-0.25, -0.2) is 4.79 Å². The Morgan fingerprint density at radius 2 is 1.68 bits per heavy atom. The fourth-order valence-electron chi connectivity index (χ4n) is 4.46. The fourth-order valence-corrected chi connectivity index (χ4v) is 5.61. The molecule has 1 amide bonds. The van der Waals surface area contributed by atoms with Gasteiger partial charge in [0.2, 0.25) is 0 Å². The first-order chi connectivity index (χ1) is 19.4. The molecule has 1 aliphatic rings. The van der Waals surface area contributed by atoms with Crippen LogP contribution >= 0.6 is 11.6 Å². The van der Waals surface area contributed by atoms with Gasteiger partial charge in [-0.15, -0.1) is 0 Å². The van der Waals surface area contributed by atoms with Crippen LogP contribution in [-0.2, 0) is 4.74 Å². The first kappa shape index (κ1) is 30.4. The second kappa shape index (κ2) is 12.5. The lowest BCUT2D eigenvalue weighted by molar-refractivity contribution is 0.103. The van der Waals surface area contributed by atoms with Crippen LogP contribution in [0.1, 0.15) is 49.5 Å². The molecule has 4 rings (SSSR count). The van der Waals surface area contributed by atoms with E-state index in [4.69, 9.17) is 26.5 Å². The number of piperidine rings is 1. The van der Waals surface area contributed by atoms with E-state index in [1.54, 1.807) is 48.8 Å². The molecule has 3 aromatic rings. The number of ketones is 1. The highest BCUT2D eigenvalue weighted by Crippen LogP contribution is 2.41. The van der Waals surface area contributed by atoms with Crippen molar-refractivity contribution >= 4 is 48.9 Å². The maximum atomic E-state index is 13.9. The van der Waals surface area contributed by atoms with E-state index in [9.17, 15) is 9.59 Å². The van der Waals surface area contributed by atoms with Crippen LogP contribution in [0.15, 0.2) is 60.9 Å². The number of aromatic nitrogens is 1. The van der Waals surface area contributed by atoms with E-state index >= 15 is 0 Å². The zero-order valence-corrected chi connectivity index (χ0v) is 26.1. The molecule has 1 aromatic heterocycles. The molecule has 0 radical (unpaired) electrons. The predicted molar refractivity (Wildman–Crippen MR) is 168 cm³/mol. The van der Waals surface area contributed by atoms with Crippen molar-refractivity contribution in [3.8, 4) is 5.75 Å². The minimum atomic E-state index is -2.35. The molecule has 1 aliphatic heterocycles. The number of halogens is 1. The van der Waals surface area contributed by atoms with Crippen LogP contribution in [0.4, 0.5) is 21.9 Å². The molecule has 0 spiro atoms. The Balaban J connectivity index is 1.52. The van der Waals surface area contributed by atoms with Crippen molar-refractivity contribution in [1.82, 2.24) is 4.98 Å². The number of ether oxygens (including phenoxy) is 1. The summed E-state index contributed by atoms with van der Waals surface area (Å²) in [7, 11) is -2.35. The van der Waals surface area contributed by atoms with Crippen LogP contribution in [0.25, 0.3) is 0 Å². The molecule has 10 heteroatoms. The van der Waals surface area contributed by atoms with E-state index in [1.807, 2.05) is 12.1 Å². The number of nitrogen functional groups attached to an aromatic ring is 1. The number of pyridine rings is 1. The van der Waals surface area contributed by atoms with Gasteiger partial charge in [-0.05, 0) is 85.4 Å². The maximum Gasteiger partial charge on any atom is 0.411 e. The van der Waals surface area contributed by atoms with Gasteiger partial charge >= 0.3 is 6.09 Å². The van der Waals surface area contributed by atoms with Crippen LogP contribution in [-0.4, -0.2) is 44.9 Å². The van der Waals surface area contributed by atoms with Gasteiger partial charge in [-0.3, -0.25) is 15.1 Å². The SMILES string of the molecule is CC(C)(C)[Si](C)(C)Oc1ccc(N)c(NC(=O)OCC2CCN(c3ccncc3)CC2)c1C(=O)c1ccc(Cl)cc1. The summed E-state index contributed by atoms with van der Waals surface area (Å²) in [5, 5.41) is 3.16. The van der Waals surface area contributed by atoms with Gasteiger partial charge in [0.25, 0.3) is 8.32 Å². The average molecular weight is 595 g/mol. The molecule has 0 atom stereocenters. The van der Waals surface area contributed by atoms with Crippen molar-refractivity contribution in [2.45, 2.75) is 51.7 Å². The number of benzene rings is 2. The Morgan fingerprint density at radius 3 is 2.29 bits per heavy atom. The average Bonchev–Trinajstić information content (AvgIpc) is 2.94. The molecule has 8 nitrogen and oxygen atoms in total. The van der Waals surface area contributed by atoms with Crippen LogP contribution in [0.2, 0.25) is 23.2 Å². The summed E-state index contributed by atoms with van der Waals surface area (Å²) in [6.07, 6.45) is 4.71. The number of carbonyl (C=O) groups is 2. The molecule has 218 valence electrons. The summed E-state index contributed by atoms with van der Waals surface area (Å²) in [6, 6.07) is 13.9. The summed E-state index contributed by atoms with van der Waals surface area (Å²) in [5.74, 6) is 0.283. The Hall–Kier alpha value is -3.56. The number of nitrogens with zero attached hydrogens (tertiary/aromatic N) is 2. The first-order valence-electron chi connectivity index (χ1n) is 13.9. The van der Waals surface area contributed by atoms with Gasteiger partial charge in [0.1, 0.15) is 5.75 Å². The highest BCUT2D eigenvalue weighted by Gasteiger charge is 2.40. The zero-order valence-electron chi connectivity index (χ0n) is 24.4. The largest absolute Gasteiger partial charge is 0.543 e. The summed E-state index contributed by atoms with van der Waals surface area (Å²) in [5.41, 5.74) is 8.50. The van der Waals surface area contributed by atoms with E-state index in [0.717, 1.165) is 31.6 Å². The lowest BCUT2D eigenvalue weighted by atomic mass is 9.97. The smallest absolute Gasteiger partial charge is 0.411 e. The molecule has 1 saturated heterocycles. The van der Waals surface area contributed by atoms with Crippen LogP contribution in [0.5, 0.6) is 5.75 Å². The second-order valence-corrected chi connectivity index (χ2v) is 17.1. The minimum Gasteiger partial charge on any atom is -0.543 e. The minimum absolute atomic E-state index is 0.117. The van der Waals surface area contributed by atoms with E-state index in [1.165, 1.54) is 0 Å². The summed E-state index contributed by atoms with van der Waals surface area (Å²) >= 11 is 6.07. The number of rotatable bonds is 8. The molecule has 2 aromatic carbocycles. The molecular formula is C31H39ClN4O4Si. The number of nitrogens with two attached hydrogens (primary N) is 1. The van der Waals surface area contributed by atoms with Crippen LogP contribution in [0, 0.1) is 5.92 Å². The predicted octanol–water partition coefficient (Wildman–Crippen LogP) is 7.40. The molecule has 0 bridgehead atoms. The molecule has 2 heterocycles. The Labute approximate surface area is 248 Å². The summed E-state index contributed by atoms with van der Waals surface area (Å²) < 4.78 is 12.2. The molecule has 41 heavy (non-hydrogen) atoms. The van der Waals surface area contributed by atoms with Gasteiger partial charge in [0.15, 0.2) is 5.78 Å². The van der Waals surface area contributed by atoms with Gasteiger partial charge in [-0.2, -0.15) is 0 Å². The quantitative estimate of drug-likeness (QED) is 0.159. The van der Waals surface area contributed by atoms with Crippen molar-refractivity contribution in [3.05, 3.63) is 77.1 Å². The maximum absolute atomic E-state index is 13.9. The van der Waals surface area contributed by atoms with Crippen molar-refractivity contribution in [2.24, 2.45) is 5.92 Å². The third-order valence-electron chi connectivity index (χ3n) is 8.02. The van der Waals surface area contributed by atoms with Crippen LogP contribution < -0.4 is 20.4 Å². The number of hydrogen-bond acceptors (Lipinski definition) is 7. The second-order valence-electron chi connectivity index (χ2n) is 12.0. The van der Waals surface area contributed by atoms with Crippen molar-refractivity contribution in [3.63, 3.8) is 0 Å². The highest BCUT2D eigenvalue weighted by molar-refractivity contribution is 6.74. The van der Waals surface area contributed by atoms with E-state index < -0.39 is 14.4 Å². The third kappa shape index (κ3) is 7.40. The Morgan fingerprint density at radius 1 is 1.05 bits per heavy atom. The van der Waals surface area contributed by atoms with E-state index in [-0.39, 0.29) is 40.3 Å². The first-order valence-corrected chi connectivity index (χ1v) is 17.1. The van der Waals surface area contributed by atoms with Crippen molar-refractivity contribution < 1.29 is 18.8 Å². The number of carbonyl (C=O) groups excluding carboxylic acids is 2. The molecule has 3 N–H and O–H groups in total. The van der Waals surface area contributed by atoms with Gasteiger partial charge in [0, 0.05) is 41.8 Å². The lowest BCUT2D eigenvalue weighted by Crippen LogP contribution is -2.44. The molecule has 1 fully saturated rings. The molecule has 0 saturated carbocycles. The zero-order chi connectivity index (χ0) is 29.8. The monoisotopic (exact) mass is 594 g/mol. The van der Waals surface area contributed by atoms with Gasteiger partial charge in [-0.1, -0.05) is 32.4 Å². The van der Waals surface area contributed by atoms with E-state index in [0.29, 0.717) is 16.3 Å². The van der Waals surface area contributed by atoms with Crippen molar-refractivity contribution in [2.75, 3.05) is 35.6 Å². The highest BCUT2D eigenvalue weighted by atomic mass is 35.5. The summed E-state index contributed by atoms with van der Waals surface area (Å²) in [4.78, 5) is 33.3. The molecule has 0 unspecified atom stereocenters. The number of amides is 1. The number of hydrogen-bond donors (Lipinski definition) is 2. The summed E-state index contributed by atoms with van der Waals surface area (Å²) in [6.45, 7) is 12.6. The van der Waals surface area contributed by atoms with E-state index in [2.05, 4.69) is 49.1 Å². The normalized spacial score (nSPS) is 14.4. The van der Waals surface area contributed by atoms with Crippen LogP contribution in [0.3, 0.4) is 0 Å². The molecule has 0 aliphatic carbocycles. The Bertz CT molecular complexity index is 1370. The third-order valence-corrected chi connectivity index (χ3v) is 12.6. The van der Waals surface area contributed by atoms with Gasteiger partial charge in [0.05, 0.1) is 23.5 Å². The number of anilines is 3. The topological polar surface area (TPSA) is 107 Å². The lowest BCUT2D eigenvalue weighted by Gasteiger charge is -2.37. The molecular weight excluding hydrogens is 556 g/mol. The Kier molecular flexibility index (Phi) is 9.29. The van der Waals surface area contributed by atoms with Gasteiger partial charge < -0.3 is 19.8 Å². The van der Waals surface area contributed by atoms with Crippen molar-refractivity contribution in [1.29, 1.82) is 0 Å². The fraction of sp³-hybridized carbons (Fsp3) is 0.387. The number of nitrogens with one attached hydrogen (secondary N) is 1.